The minimum Gasteiger partial charge on any atom is -0.497 e. The number of fused-ring (bicyclic) bond motifs is 1. The van der Waals surface area contributed by atoms with Gasteiger partial charge in [-0.05, 0) is 51.1 Å². The molecule has 2 rings (SSSR count). The third-order valence-electron chi connectivity index (χ3n) is 3.59. The number of benzene rings is 1. The smallest absolute Gasteiger partial charge is 0.119 e. The molecule has 0 saturated carbocycles. The predicted octanol–water partition coefficient (Wildman–Crippen LogP) is 3.06. The summed E-state index contributed by atoms with van der Waals surface area (Å²) >= 11 is 0. The van der Waals surface area contributed by atoms with Crippen LogP contribution in [0.25, 0.3) is 10.9 Å². The number of hydrogen-bond donors (Lipinski definition) is 1. The Morgan fingerprint density at radius 3 is 2.78 bits per heavy atom. The molecular weight excluding hydrogens is 224 g/mol. The van der Waals surface area contributed by atoms with E-state index in [2.05, 4.69) is 49.1 Å². The second-order valence-electron chi connectivity index (χ2n) is 5.05. The van der Waals surface area contributed by atoms with E-state index in [1.165, 1.54) is 16.5 Å². The molecule has 1 N–H and O–H groups in total. The molecule has 0 atom stereocenters. The van der Waals surface area contributed by atoms with E-state index in [1.807, 2.05) is 6.07 Å². The van der Waals surface area contributed by atoms with Gasteiger partial charge >= 0.3 is 0 Å². The van der Waals surface area contributed by atoms with Crippen LogP contribution in [0.5, 0.6) is 5.75 Å². The highest BCUT2D eigenvalue weighted by molar-refractivity contribution is 5.84. The largest absolute Gasteiger partial charge is 0.497 e. The van der Waals surface area contributed by atoms with E-state index in [4.69, 9.17) is 4.74 Å². The second kappa shape index (κ2) is 5.44. The summed E-state index contributed by atoms with van der Waals surface area (Å²) in [5.41, 5.74) is 2.54. The average molecular weight is 246 g/mol. The van der Waals surface area contributed by atoms with Crippen molar-refractivity contribution in [2.75, 3.05) is 20.7 Å². The molecule has 0 amide bonds. The van der Waals surface area contributed by atoms with E-state index >= 15 is 0 Å². The minimum atomic E-state index is 0.588. The summed E-state index contributed by atoms with van der Waals surface area (Å²) in [5, 5.41) is 1.27. The normalized spacial score (nSPS) is 11.7. The highest BCUT2D eigenvalue weighted by atomic mass is 16.5. The molecule has 0 bridgehead atoms. The third kappa shape index (κ3) is 2.67. The Kier molecular flexibility index (Phi) is 3.92. The molecule has 0 fully saturated rings. The number of hydrogen-bond acceptors (Lipinski definition) is 2. The lowest BCUT2D eigenvalue weighted by Crippen LogP contribution is -2.28. The third-order valence-corrected chi connectivity index (χ3v) is 3.59. The first-order valence-corrected chi connectivity index (χ1v) is 6.46. The molecule has 0 unspecified atom stereocenters. The molecule has 1 aromatic heterocycles. The number of methoxy groups -OCH3 is 1. The molecule has 0 aliphatic rings. The second-order valence-corrected chi connectivity index (χ2v) is 5.05. The van der Waals surface area contributed by atoms with Crippen LogP contribution in [0.15, 0.2) is 24.4 Å². The maximum atomic E-state index is 5.29. The van der Waals surface area contributed by atoms with Crippen molar-refractivity contribution in [1.29, 1.82) is 0 Å². The fourth-order valence-corrected chi connectivity index (χ4v) is 2.05. The maximum Gasteiger partial charge on any atom is 0.119 e. The Morgan fingerprint density at radius 2 is 2.11 bits per heavy atom. The Hall–Kier alpha value is -1.48. The zero-order valence-electron chi connectivity index (χ0n) is 11.7. The first-order chi connectivity index (χ1) is 8.61. The number of rotatable bonds is 5. The van der Waals surface area contributed by atoms with Gasteiger partial charge in [0.05, 0.1) is 7.11 Å². The molecule has 0 spiro atoms. The molecule has 0 radical (unpaired) electrons. The van der Waals surface area contributed by atoms with Gasteiger partial charge in [0.25, 0.3) is 0 Å². The molecule has 18 heavy (non-hydrogen) atoms. The van der Waals surface area contributed by atoms with Crippen LogP contribution >= 0.6 is 0 Å². The van der Waals surface area contributed by atoms with E-state index in [0.29, 0.717) is 6.04 Å². The lowest BCUT2D eigenvalue weighted by atomic mass is 10.1. The van der Waals surface area contributed by atoms with Gasteiger partial charge in [-0.2, -0.15) is 0 Å². The monoisotopic (exact) mass is 246 g/mol. The molecule has 0 saturated heterocycles. The van der Waals surface area contributed by atoms with Crippen LogP contribution in [0.2, 0.25) is 0 Å². The van der Waals surface area contributed by atoms with Gasteiger partial charge < -0.3 is 14.6 Å². The van der Waals surface area contributed by atoms with Gasteiger partial charge in [-0.3, -0.25) is 0 Å². The van der Waals surface area contributed by atoms with Crippen molar-refractivity contribution in [3.63, 3.8) is 0 Å². The summed E-state index contributed by atoms with van der Waals surface area (Å²) in [7, 11) is 3.88. The number of ether oxygens (including phenoxy) is 1. The van der Waals surface area contributed by atoms with Crippen molar-refractivity contribution >= 4 is 10.9 Å². The van der Waals surface area contributed by atoms with Gasteiger partial charge in [-0.1, -0.05) is 0 Å². The molecule has 1 aromatic carbocycles. The highest BCUT2D eigenvalue weighted by Gasteiger charge is 2.08. The van der Waals surface area contributed by atoms with Crippen molar-refractivity contribution < 1.29 is 4.74 Å². The highest BCUT2D eigenvalue weighted by Crippen LogP contribution is 2.24. The number of nitrogens with one attached hydrogen (secondary N) is 1. The summed E-state index contributed by atoms with van der Waals surface area (Å²) < 4.78 is 5.29. The van der Waals surface area contributed by atoms with Crippen molar-refractivity contribution in [1.82, 2.24) is 9.88 Å². The van der Waals surface area contributed by atoms with Crippen LogP contribution in [-0.4, -0.2) is 36.6 Å². The first-order valence-electron chi connectivity index (χ1n) is 6.46. The van der Waals surface area contributed by atoms with Crippen molar-refractivity contribution in [2.24, 2.45) is 0 Å². The number of aromatic amines is 1. The molecule has 0 aliphatic heterocycles. The van der Waals surface area contributed by atoms with Crippen molar-refractivity contribution in [3.8, 4) is 5.75 Å². The summed E-state index contributed by atoms with van der Waals surface area (Å²) in [4.78, 5) is 5.68. The topological polar surface area (TPSA) is 28.3 Å². The Morgan fingerprint density at radius 1 is 1.33 bits per heavy atom. The molecule has 3 nitrogen and oxygen atoms in total. The van der Waals surface area contributed by atoms with Gasteiger partial charge in [0, 0.05) is 29.7 Å². The molecule has 2 aromatic rings. The first kappa shape index (κ1) is 13.0. The van der Waals surface area contributed by atoms with Crippen molar-refractivity contribution in [3.05, 3.63) is 30.0 Å². The van der Waals surface area contributed by atoms with E-state index < -0.39 is 0 Å². The van der Waals surface area contributed by atoms with Crippen LogP contribution in [0.4, 0.5) is 0 Å². The zero-order chi connectivity index (χ0) is 13.1. The fraction of sp³-hybridized carbons (Fsp3) is 0.467. The fourth-order valence-electron chi connectivity index (χ4n) is 2.05. The van der Waals surface area contributed by atoms with E-state index in [9.17, 15) is 0 Å². The van der Waals surface area contributed by atoms with Crippen LogP contribution in [0.1, 0.15) is 19.4 Å². The number of aromatic nitrogens is 1. The Balaban J connectivity index is 2.18. The molecule has 3 heteroatoms. The summed E-state index contributed by atoms with van der Waals surface area (Å²) in [5.74, 6) is 0.917. The lowest BCUT2D eigenvalue weighted by Gasteiger charge is -2.20. The Labute approximate surface area is 109 Å². The van der Waals surface area contributed by atoms with Gasteiger partial charge in [0.1, 0.15) is 5.75 Å². The summed E-state index contributed by atoms with van der Waals surface area (Å²) in [6.07, 6.45) is 3.17. The molecule has 1 heterocycles. The molecule has 98 valence electrons. The van der Waals surface area contributed by atoms with Crippen LogP contribution in [0.3, 0.4) is 0 Å². The minimum absolute atomic E-state index is 0.588. The van der Waals surface area contributed by atoms with Crippen LogP contribution in [0, 0.1) is 0 Å². The molecule has 0 aliphatic carbocycles. The molecular formula is C15H22N2O. The van der Waals surface area contributed by atoms with Gasteiger partial charge in [-0.25, -0.2) is 0 Å². The maximum absolute atomic E-state index is 5.29. The summed E-state index contributed by atoms with van der Waals surface area (Å²) in [6, 6.07) is 6.76. The van der Waals surface area contributed by atoms with Crippen molar-refractivity contribution in [2.45, 2.75) is 26.3 Å². The summed E-state index contributed by atoms with van der Waals surface area (Å²) in [6.45, 7) is 5.51. The van der Waals surface area contributed by atoms with Gasteiger partial charge in [0.2, 0.25) is 0 Å². The van der Waals surface area contributed by atoms with E-state index in [-0.39, 0.29) is 0 Å². The lowest BCUT2D eigenvalue weighted by molar-refractivity contribution is 0.278. The zero-order valence-corrected chi connectivity index (χ0v) is 11.7. The van der Waals surface area contributed by atoms with Crippen LogP contribution < -0.4 is 4.74 Å². The van der Waals surface area contributed by atoms with Gasteiger partial charge in [0.15, 0.2) is 0 Å². The van der Waals surface area contributed by atoms with Crippen LogP contribution in [-0.2, 0) is 6.42 Å². The SMILES string of the molecule is COc1ccc2[nH]cc(CCN(C)C(C)C)c2c1. The van der Waals surface area contributed by atoms with E-state index in [1.54, 1.807) is 7.11 Å². The quantitative estimate of drug-likeness (QED) is 0.878. The standard InChI is InChI=1S/C15H22N2O/c1-11(2)17(3)8-7-12-10-16-15-6-5-13(18-4)9-14(12)15/h5-6,9-11,16H,7-8H2,1-4H3. The average Bonchev–Trinajstić information content (AvgIpc) is 2.77. The number of H-pyrrole nitrogens is 1. The predicted molar refractivity (Wildman–Crippen MR) is 76.3 cm³/mol. The van der Waals surface area contributed by atoms with Gasteiger partial charge in [-0.15, -0.1) is 0 Å². The number of nitrogens with zero attached hydrogens (tertiary/aromatic N) is 1. The Bertz CT molecular complexity index is 516. The van der Waals surface area contributed by atoms with E-state index in [0.717, 1.165) is 18.7 Å². The number of likely N-dealkylation sites (N-methyl/N-ethyl adjacent to an activating group) is 1.